The Hall–Kier alpha value is -3.33. The summed E-state index contributed by atoms with van der Waals surface area (Å²) in [5.74, 6) is 0.363. The van der Waals surface area contributed by atoms with Gasteiger partial charge in [-0.25, -0.2) is 5.10 Å². The van der Waals surface area contributed by atoms with Crippen molar-refractivity contribution in [1.82, 2.24) is 14.9 Å². The molecule has 2 aromatic carbocycles. The van der Waals surface area contributed by atoms with Crippen LogP contribution in [0.4, 0.5) is 5.69 Å². The fraction of sp³-hybridized carbons (Fsp3) is 0. The van der Waals surface area contributed by atoms with Gasteiger partial charge in [-0.2, -0.15) is 14.9 Å². The predicted molar refractivity (Wildman–Crippen MR) is 90.6 cm³/mol. The summed E-state index contributed by atoms with van der Waals surface area (Å²) in [7, 11) is 0. The molecule has 0 aliphatic carbocycles. The number of benzene rings is 2. The third kappa shape index (κ3) is 3.06. The summed E-state index contributed by atoms with van der Waals surface area (Å²) in [6.45, 7) is 0. The average molecular weight is 341 g/mol. The first-order chi connectivity index (χ1) is 11.6. The van der Waals surface area contributed by atoms with E-state index in [4.69, 9.17) is 12.2 Å². The zero-order chi connectivity index (χ0) is 17.1. The lowest BCUT2D eigenvalue weighted by molar-refractivity contribution is -0.384. The van der Waals surface area contributed by atoms with Crippen LogP contribution in [0.2, 0.25) is 0 Å². The van der Waals surface area contributed by atoms with E-state index in [0.717, 1.165) is 5.56 Å². The van der Waals surface area contributed by atoms with E-state index in [2.05, 4.69) is 15.3 Å². The van der Waals surface area contributed by atoms with Gasteiger partial charge in [-0.05, 0) is 18.3 Å². The molecule has 8 nitrogen and oxygen atoms in total. The maximum Gasteiger partial charge on any atom is 0.270 e. The molecule has 0 atom stereocenters. The van der Waals surface area contributed by atoms with Crippen LogP contribution >= 0.6 is 12.2 Å². The molecule has 0 saturated heterocycles. The smallest absolute Gasteiger partial charge is 0.270 e. The van der Waals surface area contributed by atoms with Crippen LogP contribution in [0.25, 0.3) is 11.4 Å². The first-order valence-corrected chi connectivity index (χ1v) is 7.21. The highest BCUT2D eigenvalue weighted by Gasteiger charge is 2.10. The number of nitrogens with zero attached hydrogens (tertiary/aromatic N) is 4. The van der Waals surface area contributed by atoms with Gasteiger partial charge in [0.2, 0.25) is 4.77 Å². The fourth-order valence-corrected chi connectivity index (χ4v) is 2.23. The standard InChI is InChI=1S/C15H11N5O3S/c21-13-7-6-12(20(22)23)8-11(13)9-16-19-14(17-18-15(19)24)10-4-2-1-3-5-10/h1-9,21H,(H,18,24)/b16-9-. The molecule has 0 aliphatic heterocycles. The number of nitrogens with one attached hydrogen (secondary N) is 1. The van der Waals surface area contributed by atoms with Crippen molar-refractivity contribution in [3.8, 4) is 17.1 Å². The number of rotatable bonds is 4. The summed E-state index contributed by atoms with van der Waals surface area (Å²) in [5.41, 5.74) is 0.852. The van der Waals surface area contributed by atoms with Crippen molar-refractivity contribution in [2.75, 3.05) is 0 Å². The van der Waals surface area contributed by atoms with Crippen molar-refractivity contribution in [1.29, 1.82) is 0 Å². The zero-order valence-corrected chi connectivity index (χ0v) is 13.0. The van der Waals surface area contributed by atoms with Gasteiger partial charge in [0, 0.05) is 23.3 Å². The van der Waals surface area contributed by atoms with E-state index < -0.39 is 4.92 Å². The third-order valence-electron chi connectivity index (χ3n) is 3.22. The van der Waals surface area contributed by atoms with Crippen molar-refractivity contribution < 1.29 is 10.0 Å². The molecule has 2 N–H and O–H groups in total. The van der Waals surface area contributed by atoms with Crippen molar-refractivity contribution in [3.05, 3.63) is 69.0 Å². The topological polar surface area (TPSA) is 109 Å². The normalized spacial score (nSPS) is 11.0. The molecule has 0 amide bonds. The summed E-state index contributed by atoms with van der Waals surface area (Å²) in [6.07, 6.45) is 1.29. The Kier molecular flexibility index (Phi) is 4.17. The van der Waals surface area contributed by atoms with Gasteiger partial charge in [-0.15, -0.1) is 0 Å². The first kappa shape index (κ1) is 15.6. The summed E-state index contributed by atoms with van der Waals surface area (Å²) in [6, 6.07) is 13.0. The number of nitro groups is 1. The van der Waals surface area contributed by atoms with E-state index in [0.29, 0.717) is 5.82 Å². The Labute approximate surface area is 140 Å². The largest absolute Gasteiger partial charge is 0.507 e. The highest BCUT2D eigenvalue weighted by Crippen LogP contribution is 2.22. The lowest BCUT2D eigenvalue weighted by Gasteiger charge is -2.01. The van der Waals surface area contributed by atoms with Gasteiger partial charge in [-0.3, -0.25) is 10.1 Å². The Morgan fingerprint density at radius 1 is 1.29 bits per heavy atom. The molecule has 24 heavy (non-hydrogen) atoms. The molecule has 1 aromatic heterocycles. The molecule has 0 spiro atoms. The van der Waals surface area contributed by atoms with Gasteiger partial charge in [0.05, 0.1) is 11.1 Å². The van der Waals surface area contributed by atoms with E-state index in [1.165, 1.54) is 29.1 Å². The molecule has 0 saturated carbocycles. The van der Waals surface area contributed by atoms with Crippen LogP contribution in [0.3, 0.4) is 0 Å². The number of non-ortho nitro benzene ring substituents is 1. The van der Waals surface area contributed by atoms with E-state index in [1.54, 1.807) is 0 Å². The number of aromatic nitrogens is 3. The van der Waals surface area contributed by atoms with Crippen molar-refractivity contribution in [3.63, 3.8) is 0 Å². The Bertz CT molecular complexity index is 978. The predicted octanol–water partition coefficient (Wildman–Crippen LogP) is 3.10. The number of nitro benzene ring substituents is 1. The van der Waals surface area contributed by atoms with Crippen LogP contribution in [0.15, 0.2) is 53.6 Å². The maximum absolute atomic E-state index is 10.8. The van der Waals surface area contributed by atoms with Crippen molar-refractivity contribution in [2.45, 2.75) is 0 Å². The summed E-state index contributed by atoms with van der Waals surface area (Å²) in [4.78, 5) is 10.3. The van der Waals surface area contributed by atoms with Crippen LogP contribution in [0.1, 0.15) is 5.56 Å². The van der Waals surface area contributed by atoms with Crippen molar-refractivity contribution in [2.24, 2.45) is 5.10 Å². The summed E-state index contributed by atoms with van der Waals surface area (Å²) < 4.78 is 1.64. The number of phenolic OH excluding ortho intramolecular Hbond substituents is 1. The van der Waals surface area contributed by atoms with Crippen molar-refractivity contribution >= 4 is 24.1 Å². The Balaban J connectivity index is 2.02. The minimum absolute atomic E-state index is 0.124. The number of hydrogen-bond acceptors (Lipinski definition) is 6. The van der Waals surface area contributed by atoms with Gasteiger partial charge in [0.25, 0.3) is 5.69 Å². The number of aromatic hydroxyl groups is 1. The van der Waals surface area contributed by atoms with E-state index >= 15 is 0 Å². The lowest BCUT2D eigenvalue weighted by atomic mass is 10.2. The van der Waals surface area contributed by atoms with Gasteiger partial charge >= 0.3 is 0 Å². The van der Waals surface area contributed by atoms with E-state index in [9.17, 15) is 15.2 Å². The molecule has 1 heterocycles. The molecule has 3 rings (SSSR count). The molecule has 0 fully saturated rings. The van der Waals surface area contributed by atoms with E-state index in [-0.39, 0.29) is 21.8 Å². The van der Waals surface area contributed by atoms with Crippen LogP contribution in [-0.2, 0) is 0 Å². The highest BCUT2D eigenvalue weighted by atomic mass is 32.1. The molecule has 9 heteroatoms. The van der Waals surface area contributed by atoms with Crippen LogP contribution in [0.5, 0.6) is 5.75 Å². The number of phenols is 1. The monoisotopic (exact) mass is 341 g/mol. The maximum atomic E-state index is 10.8. The third-order valence-corrected chi connectivity index (χ3v) is 3.48. The zero-order valence-electron chi connectivity index (χ0n) is 12.2. The molecule has 0 radical (unpaired) electrons. The molecule has 0 unspecified atom stereocenters. The average Bonchev–Trinajstić information content (AvgIpc) is 2.95. The molecular formula is C15H11N5O3S. The molecule has 120 valence electrons. The van der Waals surface area contributed by atoms with Crippen LogP contribution in [-0.4, -0.2) is 31.1 Å². The van der Waals surface area contributed by atoms with E-state index in [1.807, 2.05) is 30.3 Å². The minimum Gasteiger partial charge on any atom is -0.507 e. The Morgan fingerprint density at radius 2 is 2.04 bits per heavy atom. The first-order valence-electron chi connectivity index (χ1n) is 6.81. The van der Waals surface area contributed by atoms with Gasteiger partial charge < -0.3 is 5.11 Å². The summed E-state index contributed by atoms with van der Waals surface area (Å²) in [5, 5.41) is 31.6. The van der Waals surface area contributed by atoms with Gasteiger partial charge in [0.1, 0.15) is 5.75 Å². The molecule has 3 aromatic rings. The van der Waals surface area contributed by atoms with Crippen LogP contribution < -0.4 is 0 Å². The molecular weight excluding hydrogens is 330 g/mol. The second-order valence-electron chi connectivity index (χ2n) is 4.77. The SMILES string of the molecule is O=[N+]([O-])c1ccc(O)c(/C=N\n2c(-c3ccccc3)n[nH]c2=S)c1. The highest BCUT2D eigenvalue weighted by molar-refractivity contribution is 7.71. The number of H-pyrrole nitrogens is 1. The quantitative estimate of drug-likeness (QED) is 0.328. The van der Waals surface area contributed by atoms with Gasteiger partial charge in [-0.1, -0.05) is 30.3 Å². The van der Waals surface area contributed by atoms with Crippen LogP contribution in [0, 0.1) is 14.9 Å². The second kappa shape index (κ2) is 6.42. The number of hydrogen-bond donors (Lipinski definition) is 2. The fourth-order valence-electron chi connectivity index (χ4n) is 2.05. The summed E-state index contributed by atoms with van der Waals surface area (Å²) >= 11 is 5.15. The lowest BCUT2D eigenvalue weighted by Crippen LogP contribution is -1.96. The number of aromatic amines is 1. The second-order valence-corrected chi connectivity index (χ2v) is 5.16. The minimum atomic E-state index is -0.546. The Morgan fingerprint density at radius 3 is 2.75 bits per heavy atom. The molecule has 0 bridgehead atoms. The van der Waals surface area contributed by atoms with Gasteiger partial charge in [0.15, 0.2) is 5.82 Å². The molecule has 0 aliphatic rings.